The van der Waals surface area contributed by atoms with Crippen LogP contribution in [0.15, 0.2) is 23.8 Å². The van der Waals surface area contributed by atoms with Crippen LogP contribution in [-0.2, 0) is 12.6 Å². The number of pyridine rings is 1. The first-order valence-corrected chi connectivity index (χ1v) is 8.59. The van der Waals surface area contributed by atoms with Gasteiger partial charge in [-0.25, -0.2) is 14.8 Å². The lowest BCUT2D eigenvalue weighted by molar-refractivity contribution is 0.238. The van der Waals surface area contributed by atoms with Crippen LogP contribution in [0.3, 0.4) is 0 Å². The molecular formula is C16H20N6OS. The number of nitrogens with one attached hydrogen (secondary N) is 2. The first-order valence-electron chi connectivity index (χ1n) is 7.71. The number of hydrogen-bond donors (Lipinski definition) is 2. The normalized spacial score (nSPS) is 13.7. The summed E-state index contributed by atoms with van der Waals surface area (Å²) in [6, 6.07) is 1.61. The summed E-state index contributed by atoms with van der Waals surface area (Å²) in [5.41, 5.74) is 1.80. The highest BCUT2D eigenvalue weighted by molar-refractivity contribution is 7.09. The van der Waals surface area contributed by atoms with Gasteiger partial charge in [-0.15, -0.1) is 11.3 Å². The zero-order valence-corrected chi connectivity index (χ0v) is 14.9. The molecular weight excluding hydrogens is 324 g/mol. The lowest BCUT2D eigenvalue weighted by Crippen LogP contribution is -2.45. The van der Waals surface area contributed by atoms with E-state index in [-0.39, 0.29) is 6.03 Å². The molecule has 0 aliphatic carbocycles. The van der Waals surface area contributed by atoms with Crippen molar-refractivity contribution in [2.45, 2.75) is 32.7 Å². The molecule has 0 bridgehead atoms. The fraction of sp³-hybridized carbons (Fsp3) is 0.375. The second-order valence-corrected chi connectivity index (χ2v) is 6.80. The Labute approximate surface area is 144 Å². The summed E-state index contributed by atoms with van der Waals surface area (Å²) >= 11 is 1.53. The maximum atomic E-state index is 12.4. The van der Waals surface area contributed by atoms with Crippen LogP contribution in [0, 0.1) is 6.92 Å². The zero-order valence-electron chi connectivity index (χ0n) is 14.1. The van der Waals surface area contributed by atoms with E-state index in [0.717, 1.165) is 28.2 Å². The van der Waals surface area contributed by atoms with Crippen LogP contribution in [0.25, 0.3) is 11.0 Å². The van der Waals surface area contributed by atoms with Crippen molar-refractivity contribution in [3.8, 4) is 0 Å². The molecule has 7 nitrogen and oxygen atoms in total. The predicted molar refractivity (Wildman–Crippen MR) is 95.2 cm³/mol. The van der Waals surface area contributed by atoms with E-state index in [4.69, 9.17) is 0 Å². The third-order valence-electron chi connectivity index (χ3n) is 4.12. The standard InChI is InChI=1S/C16H20N6OS/c1-5-16(3,14-17-6-7-24-14)20-15(23)19-11-8-12-10(2)21-22(4)13(12)18-9-11/h6-9H,5H2,1-4H3,(H2,19,20,23). The van der Waals surface area contributed by atoms with E-state index >= 15 is 0 Å². The monoisotopic (exact) mass is 344 g/mol. The number of aromatic nitrogens is 4. The molecule has 3 aromatic heterocycles. The van der Waals surface area contributed by atoms with Crippen molar-refractivity contribution in [2.75, 3.05) is 5.32 Å². The van der Waals surface area contributed by atoms with Crippen LogP contribution < -0.4 is 10.6 Å². The summed E-state index contributed by atoms with van der Waals surface area (Å²) in [6.07, 6.45) is 4.12. The summed E-state index contributed by atoms with van der Waals surface area (Å²) in [5.74, 6) is 0. The van der Waals surface area contributed by atoms with E-state index in [1.807, 2.05) is 39.3 Å². The van der Waals surface area contributed by atoms with Crippen molar-refractivity contribution in [3.05, 3.63) is 34.5 Å². The fourth-order valence-electron chi connectivity index (χ4n) is 2.58. The van der Waals surface area contributed by atoms with Crippen LogP contribution in [-0.4, -0.2) is 25.8 Å². The molecule has 24 heavy (non-hydrogen) atoms. The van der Waals surface area contributed by atoms with Gasteiger partial charge in [0.1, 0.15) is 5.01 Å². The molecule has 3 heterocycles. The number of amides is 2. The number of thiazole rings is 1. The van der Waals surface area contributed by atoms with Gasteiger partial charge < -0.3 is 10.6 Å². The SMILES string of the molecule is CCC(C)(NC(=O)Nc1cnc2c(c1)c(C)nn2C)c1nccs1. The number of carbonyl (C=O) groups is 1. The Morgan fingerprint density at radius 1 is 1.42 bits per heavy atom. The van der Waals surface area contributed by atoms with Crippen LogP contribution in [0.2, 0.25) is 0 Å². The van der Waals surface area contributed by atoms with Gasteiger partial charge in [0.2, 0.25) is 0 Å². The van der Waals surface area contributed by atoms with Crippen molar-refractivity contribution in [1.29, 1.82) is 0 Å². The molecule has 2 N–H and O–H groups in total. The number of nitrogens with zero attached hydrogens (tertiary/aromatic N) is 4. The molecule has 0 saturated carbocycles. The Morgan fingerprint density at radius 2 is 2.21 bits per heavy atom. The highest BCUT2D eigenvalue weighted by Crippen LogP contribution is 2.26. The summed E-state index contributed by atoms with van der Waals surface area (Å²) in [7, 11) is 1.85. The maximum absolute atomic E-state index is 12.4. The second-order valence-electron chi connectivity index (χ2n) is 5.91. The molecule has 0 saturated heterocycles. The van der Waals surface area contributed by atoms with Gasteiger partial charge in [-0.3, -0.25) is 4.68 Å². The quantitative estimate of drug-likeness (QED) is 0.761. The zero-order chi connectivity index (χ0) is 17.3. The highest BCUT2D eigenvalue weighted by Gasteiger charge is 2.29. The lowest BCUT2D eigenvalue weighted by Gasteiger charge is -2.27. The Bertz CT molecular complexity index is 872. The maximum Gasteiger partial charge on any atom is 0.320 e. The predicted octanol–water partition coefficient (Wildman–Crippen LogP) is 3.18. The van der Waals surface area contributed by atoms with Gasteiger partial charge in [0, 0.05) is 24.0 Å². The van der Waals surface area contributed by atoms with Crippen LogP contribution >= 0.6 is 11.3 Å². The number of carbonyl (C=O) groups excluding carboxylic acids is 1. The molecule has 0 radical (unpaired) electrons. The second kappa shape index (κ2) is 6.20. The van der Waals surface area contributed by atoms with Crippen LogP contribution in [0.4, 0.5) is 10.5 Å². The summed E-state index contributed by atoms with van der Waals surface area (Å²) in [6.45, 7) is 5.91. The minimum absolute atomic E-state index is 0.280. The highest BCUT2D eigenvalue weighted by atomic mass is 32.1. The van der Waals surface area contributed by atoms with Crippen molar-refractivity contribution in [1.82, 2.24) is 25.1 Å². The molecule has 126 valence electrons. The van der Waals surface area contributed by atoms with E-state index in [1.165, 1.54) is 11.3 Å². The number of aryl methyl sites for hydroxylation is 2. The van der Waals surface area contributed by atoms with Gasteiger partial charge in [-0.2, -0.15) is 5.10 Å². The molecule has 3 aromatic rings. The summed E-state index contributed by atoms with van der Waals surface area (Å²) in [4.78, 5) is 21.1. The van der Waals surface area contributed by atoms with Crippen molar-refractivity contribution < 1.29 is 4.79 Å². The lowest BCUT2D eigenvalue weighted by atomic mass is 10.0. The van der Waals surface area contributed by atoms with Gasteiger partial charge in [0.15, 0.2) is 5.65 Å². The van der Waals surface area contributed by atoms with Crippen molar-refractivity contribution in [2.24, 2.45) is 7.05 Å². The summed E-state index contributed by atoms with van der Waals surface area (Å²) < 4.78 is 1.73. The molecule has 3 rings (SSSR count). The first-order chi connectivity index (χ1) is 11.4. The van der Waals surface area contributed by atoms with Crippen LogP contribution in [0.5, 0.6) is 0 Å². The van der Waals surface area contributed by atoms with Gasteiger partial charge in [0.25, 0.3) is 0 Å². The molecule has 0 aliphatic heterocycles. The van der Waals surface area contributed by atoms with Crippen molar-refractivity contribution >= 4 is 34.1 Å². The minimum Gasteiger partial charge on any atom is -0.326 e. The number of hydrogen-bond acceptors (Lipinski definition) is 5. The molecule has 1 unspecified atom stereocenters. The van der Waals surface area contributed by atoms with Gasteiger partial charge in [0.05, 0.1) is 23.1 Å². The van der Waals surface area contributed by atoms with E-state index in [0.29, 0.717) is 5.69 Å². The number of rotatable bonds is 4. The van der Waals surface area contributed by atoms with Gasteiger partial charge in [-0.1, -0.05) is 6.92 Å². The van der Waals surface area contributed by atoms with Crippen LogP contribution in [0.1, 0.15) is 31.0 Å². The Morgan fingerprint density at radius 3 is 2.88 bits per heavy atom. The summed E-state index contributed by atoms with van der Waals surface area (Å²) in [5, 5.41) is 13.9. The minimum atomic E-state index is -0.500. The number of urea groups is 1. The first kappa shape index (κ1) is 16.4. The van der Waals surface area contributed by atoms with E-state index in [1.54, 1.807) is 17.1 Å². The van der Waals surface area contributed by atoms with E-state index in [9.17, 15) is 4.79 Å². The van der Waals surface area contributed by atoms with Gasteiger partial charge in [-0.05, 0) is 26.3 Å². The molecule has 8 heteroatoms. The average Bonchev–Trinajstić information content (AvgIpc) is 3.17. The number of anilines is 1. The van der Waals surface area contributed by atoms with E-state index < -0.39 is 5.54 Å². The fourth-order valence-corrected chi connectivity index (χ4v) is 3.41. The Kier molecular flexibility index (Phi) is 4.23. The smallest absolute Gasteiger partial charge is 0.320 e. The molecule has 0 fully saturated rings. The molecule has 0 spiro atoms. The average molecular weight is 344 g/mol. The third-order valence-corrected chi connectivity index (χ3v) is 5.16. The van der Waals surface area contributed by atoms with E-state index in [2.05, 4.69) is 25.7 Å². The third kappa shape index (κ3) is 2.96. The molecule has 0 aliphatic rings. The van der Waals surface area contributed by atoms with Crippen molar-refractivity contribution in [3.63, 3.8) is 0 Å². The number of fused-ring (bicyclic) bond motifs is 1. The largest absolute Gasteiger partial charge is 0.326 e. The molecule has 0 aromatic carbocycles. The Hall–Kier alpha value is -2.48. The topological polar surface area (TPSA) is 84.7 Å². The Balaban J connectivity index is 1.78. The molecule has 2 amide bonds. The molecule has 1 atom stereocenters. The van der Waals surface area contributed by atoms with Gasteiger partial charge >= 0.3 is 6.03 Å².